The fourth-order valence-corrected chi connectivity index (χ4v) is 2.47. The van der Waals surface area contributed by atoms with E-state index in [9.17, 15) is 4.79 Å². The second-order valence-corrected chi connectivity index (χ2v) is 5.64. The molecule has 0 aromatic heterocycles. The first-order valence-electron chi connectivity index (χ1n) is 6.54. The van der Waals surface area contributed by atoms with Crippen molar-refractivity contribution in [1.82, 2.24) is 0 Å². The van der Waals surface area contributed by atoms with Gasteiger partial charge in [-0.25, -0.2) is 4.79 Å². The van der Waals surface area contributed by atoms with Crippen molar-refractivity contribution in [1.29, 1.82) is 0 Å². The molecule has 1 N–H and O–H groups in total. The summed E-state index contributed by atoms with van der Waals surface area (Å²) < 4.78 is 0. The van der Waals surface area contributed by atoms with E-state index in [-0.39, 0.29) is 5.56 Å². The summed E-state index contributed by atoms with van der Waals surface area (Å²) in [7, 11) is 0. The van der Waals surface area contributed by atoms with Crippen molar-refractivity contribution < 1.29 is 9.90 Å². The van der Waals surface area contributed by atoms with Crippen LogP contribution in [0.25, 0.3) is 11.1 Å². The van der Waals surface area contributed by atoms with Gasteiger partial charge >= 0.3 is 5.97 Å². The molecule has 0 fully saturated rings. The van der Waals surface area contributed by atoms with E-state index < -0.39 is 5.97 Å². The molecule has 3 heteroatoms. The summed E-state index contributed by atoms with van der Waals surface area (Å²) in [6.45, 7) is 6.06. The van der Waals surface area contributed by atoms with E-state index in [1.165, 1.54) is 11.6 Å². The maximum absolute atomic E-state index is 11.1. The number of hydrogen-bond donors (Lipinski definition) is 1. The van der Waals surface area contributed by atoms with Crippen molar-refractivity contribution >= 4 is 17.6 Å². The van der Waals surface area contributed by atoms with Crippen molar-refractivity contribution in [2.45, 2.75) is 26.7 Å². The van der Waals surface area contributed by atoms with E-state index >= 15 is 0 Å². The number of carboxylic acid groups (broad SMARTS) is 1. The molecular formula is C17H17ClO2. The maximum atomic E-state index is 11.1. The first-order chi connectivity index (χ1) is 9.40. The molecule has 0 amide bonds. The molecule has 0 saturated heterocycles. The van der Waals surface area contributed by atoms with Gasteiger partial charge in [-0.05, 0) is 41.7 Å². The molecule has 2 aromatic carbocycles. The van der Waals surface area contributed by atoms with Crippen LogP contribution < -0.4 is 0 Å². The third-order valence-electron chi connectivity index (χ3n) is 3.41. The van der Waals surface area contributed by atoms with Gasteiger partial charge in [-0.2, -0.15) is 0 Å². The number of hydrogen-bond acceptors (Lipinski definition) is 1. The molecule has 0 bridgehead atoms. The Kier molecular flexibility index (Phi) is 4.15. The SMILES string of the molecule is Cc1cc(-c2cccc(C(C)C)c2)c(Cl)cc1C(=O)O. The highest BCUT2D eigenvalue weighted by Crippen LogP contribution is 2.32. The van der Waals surface area contributed by atoms with Gasteiger partial charge in [0.15, 0.2) is 0 Å². The molecular weight excluding hydrogens is 272 g/mol. The van der Waals surface area contributed by atoms with Gasteiger partial charge in [-0.3, -0.25) is 0 Å². The van der Waals surface area contributed by atoms with E-state index in [4.69, 9.17) is 16.7 Å². The van der Waals surface area contributed by atoms with Crippen LogP contribution in [0.3, 0.4) is 0 Å². The predicted molar refractivity (Wildman–Crippen MR) is 82.7 cm³/mol. The third kappa shape index (κ3) is 2.86. The Balaban J connectivity index is 2.56. The molecule has 0 aliphatic rings. The number of benzene rings is 2. The molecule has 0 spiro atoms. The van der Waals surface area contributed by atoms with E-state index in [2.05, 4.69) is 26.0 Å². The highest BCUT2D eigenvalue weighted by molar-refractivity contribution is 6.33. The van der Waals surface area contributed by atoms with Crippen LogP contribution in [0.4, 0.5) is 0 Å². The molecule has 0 saturated carbocycles. The topological polar surface area (TPSA) is 37.3 Å². The van der Waals surface area contributed by atoms with Crippen LogP contribution in [-0.4, -0.2) is 11.1 Å². The normalized spacial score (nSPS) is 10.8. The highest BCUT2D eigenvalue weighted by Gasteiger charge is 2.13. The Hall–Kier alpha value is -1.80. The van der Waals surface area contributed by atoms with Gasteiger partial charge in [-0.1, -0.05) is 49.7 Å². The standard InChI is InChI=1S/C17H17ClO2/c1-10(2)12-5-4-6-13(8-12)15-7-11(3)14(17(19)20)9-16(15)18/h4-10H,1-3H3,(H,19,20). The number of halogens is 1. The lowest BCUT2D eigenvalue weighted by molar-refractivity contribution is 0.0696. The molecule has 0 aliphatic carbocycles. The Morgan fingerprint density at radius 3 is 2.50 bits per heavy atom. The zero-order valence-electron chi connectivity index (χ0n) is 11.8. The minimum Gasteiger partial charge on any atom is -0.478 e. The van der Waals surface area contributed by atoms with Gasteiger partial charge in [0.05, 0.1) is 5.56 Å². The summed E-state index contributed by atoms with van der Waals surface area (Å²) in [5.41, 5.74) is 4.09. The van der Waals surface area contributed by atoms with Crippen molar-refractivity contribution in [3.63, 3.8) is 0 Å². The van der Waals surface area contributed by atoms with Crippen LogP contribution in [-0.2, 0) is 0 Å². The maximum Gasteiger partial charge on any atom is 0.336 e. The largest absolute Gasteiger partial charge is 0.478 e. The quantitative estimate of drug-likeness (QED) is 0.849. The minimum atomic E-state index is -0.952. The average molecular weight is 289 g/mol. The van der Waals surface area contributed by atoms with Crippen LogP contribution in [0.5, 0.6) is 0 Å². The molecule has 104 valence electrons. The van der Waals surface area contributed by atoms with E-state index in [1.54, 1.807) is 6.92 Å². The monoisotopic (exact) mass is 288 g/mol. The second-order valence-electron chi connectivity index (χ2n) is 5.23. The van der Waals surface area contributed by atoms with Crippen molar-refractivity contribution in [3.05, 3.63) is 58.1 Å². The van der Waals surface area contributed by atoms with Crippen LogP contribution in [0.15, 0.2) is 36.4 Å². The summed E-state index contributed by atoms with van der Waals surface area (Å²) in [4.78, 5) is 11.1. The van der Waals surface area contributed by atoms with Crippen LogP contribution in [0.2, 0.25) is 5.02 Å². The minimum absolute atomic E-state index is 0.249. The number of carboxylic acids is 1. The van der Waals surface area contributed by atoms with Crippen molar-refractivity contribution in [3.8, 4) is 11.1 Å². The summed E-state index contributed by atoms with van der Waals surface area (Å²) in [6, 6.07) is 11.5. The summed E-state index contributed by atoms with van der Waals surface area (Å²) in [5.74, 6) is -0.514. The molecule has 2 rings (SSSR count). The fraction of sp³-hybridized carbons (Fsp3) is 0.235. The van der Waals surface area contributed by atoms with Gasteiger partial charge < -0.3 is 5.11 Å². The Morgan fingerprint density at radius 1 is 1.20 bits per heavy atom. The number of carbonyl (C=O) groups is 1. The summed E-state index contributed by atoms with van der Waals surface area (Å²) in [6.07, 6.45) is 0. The number of rotatable bonds is 3. The molecule has 2 aromatic rings. The molecule has 0 atom stereocenters. The van der Waals surface area contributed by atoms with Crippen LogP contribution in [0.1, 0.15) is 41.3 Å². The van der Waals surface area contributed by atoms with Gasteiger partial charge in [0.2, 0.25) is 0 Å². The molecule has 0 heterocycles. The Labute approximate surface area is 124 Å². The molecule has 0 aliphatic heterocycles. The third-order valence-corrected chi connectivity index (χ3v) is 3.72. The van der Waals surface area contributed by atoms with Crippen LogP contribution in [0, 0.1) is 6.92 Å². The van der Waals surface area contributed by atoms with Gasteiger partial charge in [-0.15, -0.1) is 0 Å². The summed E-state index contributed by atoms with van der Waals surface area (Å²) in [5, 5.41) is 9.58. The van der Waals surface area contributed by atoms with Crippen LogP contribution >= 0.6 is 11.6 Å². The molecule has 20 heavy (non-hydrogen) atoms. The van der Waals surface area contributed by atoms with Gasteiger partial charge in [0.25, 0.3) is 0 Å². The van der Waals surface area contributed by atoms with Crippen molar-refractivity contribution in [2.24, 2.45) is 0 Å². The number of aryl methyl sites for hydroxylation is 1. The van der Waals surface area contributed by atoms with Gasteiger partial charge in [0, 0.05) is 10.6 Å². The fourth-order valence-electron chi connectivity index (χ4n) is 2.20. The van der Waals surface area contributed by atoms with E-state index in [0.717, 1.165) is 11.1 Å². The predicted octanol–water partition coefficient (Wildman–Crippen LogP) is 5.14. The number of aromatic carboxylic acids is 1. The Morgan fingerprint density at radius 2 is 1.90 bits per heavy atom. The van der Waals surface area contributed by atoms with Gasteiger partial charge in [0.1, 0.15) is 0 Å². The second kappa shape index (κ2) is 5.68. The first-order valence-corrected chi connectivity index (χ1v) is 6.91. The van der Waals surface area contributed by atoms with E-state index in [0.29, 0.717) is 16.5 Å². The highest BCUT2D eigenvalue weighted by atomic mass is 35.5. The molecule has 0 radical (unpaired) electrons. The smallest absolute Gasteiger partial charge is 0.336 e. The lowest BCUT2D eigenvalue weighted by Gasteiger charge is -2.11. The zero-order valence-corrected chi connectivity index (χ0v) is 12.5. The Bertz CT molecular complexity index is 660. The average Bonchev–Trinajstić information content (AvgIpc) is 2.40. The summed E-state index contributed by atoms with van der Waals surface area (Å²) >= 11 is 6.25. The lowest BCUT2D eigenvalue weighted by Crippen LogP contribution is -2.00. The van der Waals surface area contributed by atoms with Crippen molar-refractivity contribution in [2.75, 3.05) is 0 Å². The molecule has 0 unspecified atom stereocenters. The first kappa shape index (κ1) is 14.6. The zero-order chi connectivity index (χ0) is 14.9. The molecule has 2 nitrogen and oxygen atoms in total. The lowest BCUT2D eigenvalue weighted by atomic mass is 9.95. The van der Waals surface area contributed by atoms with E-state index in [1.807, 2.05) is 18.2 Å².